The quantitative estimate of drug-likeness (QED) is 0.833. The van der Waals surface area contributed by atoms with E-state index in [1.165, 1.54) is 5.56 Å². The van der Waals surface area contributed by atoms with Crippen molar-refractivity contribution in [2.75, 3.05) is 6.54 Å². The van der Waals surface area contributed by atoms with Crippen LogP contribution >= 0.6 is 0 Å². The summed E-state index contributed by atoms with van der Waals surface area (Å²) < 4.78 is 6.00. The molecule has 0 bridgehead atoms. The number of para-hydroxylation sites is 1. The van der Waals surface area contributed by atoms with Crippen molar-refractivity contribution in [3.8, 4) is 5.75 Å². The Balaban J connectivity index is 2.08. The van der Waals surface area contributed by atoms with Crippen molar-refractivity contribution in [2.45, 2.75) is 39.8 Å². The molecule has 0 spiro atoms. The monoisotopic (exact) mass is 284 g/mol. The Morgan fingerprint density at radius 1 is 1.19 bits per heavy atom. The van der Waals surface area contributed by atoms with Crippen molar-refractivity contribution in [1.82, 2.24) is 10.3 Å². The SMILES string of the molecule is CCCNC(C)c1ccccc1OCc1ncccc1C. The maximum atomic E-state index is 6.00. The lowest BCUT2D eigenvalue weighted by Gasteiger charge is -2.18. The Morgan fingerprint density at radius 3 is 2.76 bits per heavy atom. The number of aryl methyl sites for hydroxylation is 1. The van der Waals surface area contributed by atoms with E-state index >= 15 is 0 Å². The van der Waals surface area contributed by atoms with E-state index in [0.717, 1.165) is 30.0 Å². The van der Waals surface area contributed by atoms with E-state index in [1.807, 2.05) is 24.4 Å². The van der Waals surface area contributed by atoms with E-state index in [4.69, 9.17) is 4.74 Å². The second kappa shape index (κ2) is 7.79. The number of pyridine rings is 1. The molecule has 1 N–H and O–H groups in total. The Labute approximate surface area is 127 Å². The number of nitrogens with one attached hydrogen (secondary N) is 1. The van der Waals surface area contributed by atoms with Gasteiger partial charge in [-0.1, -0.05) is 31.2 Å². The molecular weight excluding hydrogens is 260 g/mol. The first-order chi connectivity index (χ1) is 10.2. The summed E-state index contributed by atoms with van der Waals surface area (Å²) in [5.74, 6) is 0.929. The maximum absolute atomic E-state index is 6.00. The highest BCUT2D eigenvalue weighted by Crippen LogP contribution is 2.25. The molecular formula is C18H24N2O. The van der Waals surface area contributed by atoms with Crippen LogP contribution in [0.15, 0.2) is 42.6 Å². The maximum Gasteiger partial charge on any atom is 0.130 e. The van der Waals surface area contributed by atoms with Crippen LogP contribution in [0.25, 0.3) is 0 Å². The largest absolute Gasteiger partial charge is 0.487 e. The van der Waals surface area contributed by atoms with Gasteiger partial charge in [-0.2, -0.15) is 0 Å². The molecule has 3 nitrogen and oxygen atoms in total. The summed E-state index contributed by atoms with van der Waals surface area (Å²) in [6, 6.07) is 12.5. The van der Waals surface area contributed by atoms with Gasteiger partial charge in [0.05, 0.1) is 5.69 Å². The summed E-state index contributed by atoms with van der Waals surface area (Å²) in [6.45, 7) is 7.91. The Hall–Kier alpha value is -1.87. The van der Waals surface area contributed by atoms with Crippen LogP contribution in [0.2, 0.25) is 0 Å². The zero-order chi connectivity index (χ0) is 15.1. The third kappa shape index (κ3) is 4.30. The Morgan fingerprint density at radius 2 is 2.00 bits per heavy atom. The summed E-state index contributed by atoms with van der Waals surface area (Å²) in [5.41, 5.74) is 3.34. The van der Waals surface area contributed by atoms with Crippen LogP contribution in [0.1, 0.15) is 43.1 Å². The van der Waals surface area contributed by atoms with Crippen LogP contribution in [0.5, 0.6) is 5.75 Å². The molecule has 1 atom stereocenters. The average molecular weight is 284 g/mol. The molecule has 1 heterocycles. The molecule has 0 fully saturated rings. The number of ether oxygens (including phenoxy) is 1. The summed E-state index contributed by atoms with van der Waals surface area (Å²) in [7, 11) is 0. The number of nitrogens with zero attached hydrogens (tertiary/aromatic N) is 1. The predicted molar refractivity (Wildman–Crippen MR) is 86.5 cm³/mol. The zero-order valence-electron chi connectivity index (χ0n) is 13.1. The van der Waals surface area contributed by atoms with Crippen molar-refractivity contribution in [1.29, 1.82) is 0 Å². The van der Waals surface area contributed by atoms with Gasteiger partial charge in [-0.3, -0.25) is 4.98 Å². The van der Waals surface area contributed by atoms with Gasteiger partial charge in [0.2, 0.25) is 0 Å². The topological polar surface area (TPSA) is 34.1 Å². The molecule has 0 saturated carbocycles. The van der Waals surface area contributed by atoms with Gasteiger partial charge >= 0.3 is 0 Å². The van der Waals surface area contributed by atoms with Gasteiger partial charge in [-0.25, -0.2) is 0 Å². The van der Waals surface area contributed by atoms with Crippen LogP contribution in [-0.4, -0.2) is 11.5 Å². The highest BCUT2D eigenvalue weighted by Gasteiger charge is 2.11. The molecule has 0 aliphatic heterocycles. The highest BCUT2D eigenvalue weighted by molar-refractivity contribution is 5.36. The van der Waals surface area contributed by atoms with Gasteiger partial charge in [0.15, 0.2) is 0 Å². The van der Waals surface area contributed by atoms with E-state index < -0.39 is 0 Å². The van der Waals surface area contributed by atoms with E-state index in [0.29, 0.717) is 6.61 Å². The van der Waals surface area contributed by atoms with Crippen molar-refractivity contribution < 1.29 is 4.74 Å². The van der Waals surface area contributed by atoms with Crippen molar-refractivity contribution >= 4 is 0 Å². The van der Waals surface area contributed by atoms with Crippen LogP contribution in [0.4, 0.5) is 0 Å². The second-order valence-electron chi connectivity index (χ2n) is 5.27. The molecule has 1 unspecified atom stereocenters. The molecule has 0 aliphatic carbocycles. The number of hydrogen-bond acceptors (Lipinski definition) is 3. The summed E-state index contributed by atoms with van der Waals surface area (Å²) in [4.78, 5) is 4.38. The van der Waals surface area contributed by atoms with Crippen LogP contribution < -0.4 is 10.1 Å². The van der Waals surface area contributed by atoms with Crippen LogP contribution in [0, 0.1) is 6.92 Å². The average Bonchev–Trinajstić information content (AvgIpc) is 2.52. The third-order valence-corrected chi connectivity index (χ3v) is 3.57. The first-order valence-electron chi connectivity index (χ1n) is 7.58. The molecule has 0 amide bonds. The lowest BCUT2D eigenvalue weighted by atomic mass is 10.1. The Kier molecular flexibility index (Phi) is 5.76. The van der Waals surface area contributed by atoms with Crippen LogP contribution in [0.3, 0.4) is 0 Å². The number of rotatable bonds is 7. The summed E-state index contributed by atoms with van der Waals surface area (Å²) >= 11 is 0. The predicted octanol–water partition coefficient (Wildman–Crippen LogP) is 4.03. The molecule has 2 aromatic rings. The van der Waals surface area contributed by atoms with Crippen molar-refractivity contribution in [3.63, 3.8) is 0 Å². The van der Waals surface area contributed by atoms with E-state index in [-0.39, 0.29) is 6.04 Å². The lowest BCUT2D eigenvalue weighted by Crippen LogP contribution is -2.20. The van der Waals surface area contributed by atoms with E-state index in [1.54, 1.807) is 0 Å². The van der Waals surface area contributed by atoms with Gasteiger partial charge < -0.3 is 10.1 Å². The van der Waals surface area contributed by atoms with Gasteiger partial charge in [-0.15, -0.1) is 0 Å². The minimum atomic E-state index is 0.283. The fourth-order valence-electron chi connectivity index (χ4n) is 2.26. The second-order valence-corrected chi connectivity index (χ2v) is 5.27. The molecule has 1 aromatic carbocycles. The Bertz CT molecular complexity index is 569. The molecule has 0 saturated heterocycles. The minimum Gasteiger partial charge on any atom is -0.487 e. The summed E-state index contributed by atoms with van der Waals surface area (Å²) in [6.07, 6.45) is 2.93. The molecule has 0 aliphatic rings. The van der Waals surface area contributed by atoms with Crippen molar-refractivity contribution in [3.05, 3.63) is 59.4 Å². The third-order valence-electron chi connectivity index (χ3n) is 3.57. The molecule has 1 aromatic heterocycles. The summed E-state index contributed by atoms with van der Waals surface area (Å²) in [5, 5.41) is 3.50. The zero-order valence-corrected chi connectivity index (χ0v) is 13.1. The fourth-order valence-corrected chi connectivity index (χ4v) is 2.26. The van der Waals surface area contributed by atoms with Crippen molar-refractivity contribution in [2.24, 2.45) is 0 Å². The lowest BCUT2D eigenvalue weighted by molar-refractivity contribution is 0.294. The van der Waals surface area contributed by atoms with Gasteiger partial charge in [-0.05, 0) is 44.5 Å². The van der Waals surface area contributed by atoms with Gasteiger partial charge in [0, 0.05) is 17.8 Å². The van der Waals surface area contributed by atoms with Gasteiger partial charge in [0.1, 0.15) is 12.4 Å². The smallest absolute Gasteiger partial charge is 0.130 e. The van der Waals surface area contributed by atoms with Crippen LogP contribution in [-0.2, 0) is 6.61 Å². The van der Waals surface area contributed by atoms with E-state index in [9.17, 15) is 0 Å². The minimum absolute atomic E-state index is 0.283. The normalized spacial score (nSPS) is 12.1. The highest BCUT2D eigenvalue weighted by atomic mass is 16.5. The van der Waals surface area contributed by atoms with Gasteiger partial charge in [0.25, 0.3) is 0 Å². The number of hydrogen-bond donors (Lipinski definition) is 1. The first-order valence-corrected chi connectivity index (χ1v) is 7.58. The number of benzene rings is 1. The molecule has 112 valence electrons. The number of aromatic nitrogens is 1. The van der Waals surface area contributed by atoms with E-state index in [2.05, 4.69) is 49.3 Å². The standard InChI is InChI=1S/C18H24N2O/c1-4-11-19-15(3)16-9-5-6-10-18(16)21-13-17-14(2)8-7-12-20-17/h5-10,12,15,19H,4,11,13H2,1-3H3. The molecule has 3 heteroatoms. The molecule has 21 heavy (non-hydrogen) atoms. The molecule has 0 radical (unpaired) electrons. The molecule has 2 rings (SSSR count). The fraction of sp³-hybridized carbons (Fsp3) is 0.389. The first kappa shape index (κ1) is 15.5.